The second-order valence-corrected chi connectivity index (χ2v) is 5.73. The van der Waals surface area contributed by atoms with Crippen molar-refractivity contribution in [2.24, 2.45) is 0 Å². The Morgan fingerprint density at radius 3 is 2.75 bits per heavy atom. The number of halogens is 1. The summed E-state index contributed by atoms with van der Waals surface area (Å²) in [6.45, 7) is 6.13. The predicted molar refractivity (Wildman–Crippen MR) is 76.4 cm³/mol. The fourth-order valence-electron chi connectivity index (χ4n) is 2.37. The highest BCUT2D eigenvalue weighted by Gasteiger charge is 2.34. The monoisotopic (exact) mass is 280 g/mol. The molecule has 1 aromatic rings. The zero-order valence-electron chi connectivity index (χ0n) is 12.4. The van der Waals surface area contributed by atoms with Crippen LogP contribution in [0.2, 0.25) is 0 Å². The quantitative estimate of drug-likeness (QED) is 0.890. The second kappa shape index (κ2) is 5.36. The molecule has 1 amide bonds. The molecule has 0 radical (unpaired) electrons. The smallest absolute Gasteiger partial charge is 0.257 e. The second-order valence-electron chi connectivity index (χ2n) is 5.73. The minimum atomic E-state index is -0.586. The van der Waals surface area contributed by atoms with Gasteiger partial charge < -0.3 is 10.2 Å². The van der Waals surface area contributed by atoms with Crippen molar-refractivity contribution >= 4 is 11.7 Å². The molecule has 0 aliphatic carbocycles. The van der Waals surface area contributed by atoms with E-state index in [0.717, 1.165) is 6.54 Å². The van der Waals surface area contributed by atoms with Crippen molar-refractivity contribution in [1.82, 2.24) is 14.8 Å². The molecule has 1 aliphatic heterocycles. The summed E-state index contributed by atoms with van der Waals surface area (Å²) in [6, 6.07) is 1.43. The number of carbonyl (C=O) groups excluding carboxylic acids is 1. The third kappa shape index (κ3) is 2.60. The van der Waals surface area contributed by atoms with E-state index in [4.69, 9.17) is 0 Å². The molecular weight excluding hydrogens is 259 g/mol. The third-order valence-corrected chi connectivity index (χ3v) is 3.96. The molecule has 0 unspecified atom stereocenters. The number of carbonyl (C=O) groups is 1. The molecule has 2 rings (SSSR count). The zero-order chi connectivity index (χ0) is 14.9. The first-order chi connectivity index (χ1) is 9.36. The molecule has 0 bridgehead atoms. The lowest BCUT2D eigenvalue weighted by atomic mass is 9.99. The molecule has 20 heavy (non-hydrogen) atoms. The summed E-state index contributed by atoms with van der Waals surface area (Å²) in [6.07, 6.45) is 1.45. The van der Waals surface area contributed by atoms with Crippen LogP contribution < -0.4 is 5.32 Å². The molecule has 0 spiro atoms. The van der Waals surface area contributed by atoms with E-state index in [1.165, 1.54) is 12.3 Å². The highest BCUT2D eigenvalue weighted by molar-refractivity contribution is 5.95. The van der Waals surface area contributed by atoms with Gasteiger partial charge in [0.05, 0.1) is 5.56 Å². The summed E-state index contributed by atoms with van der Waals surface area (Å²) >= 11 is 0. The first-order valence-corrected chi connectivity index (χ1v) is 6.69. The van der Waals surface area contributed by atoms with Gasteiger partial charge >= 0.3 is 0 Å². The van der Waals surface area contributed by atoms with Gasteiger partial charge in [-0.2, -0.15) is 0 Å². The number of anilines is 1. The largest absolute Gasteiger partial charge is 0.371 e. The Morgan fingerprint density at radius 2 is 2.15 bits per heavy atom. The van der Waals surface area contributed by atoms with Crippen LogP contribution in [0.5, 0.6) is 0 Å². The van der Waals surface area contributed by atoms with E-state index in [2.05, 4.69) is 29.0 Å². The maximum atomic E-state index is 14.2. The molecular formula is C14H21FN4O. The van der Waals surface area contributed by atoms with Crippen molar-refractivity contribution in [3.8, 4) is 0 Å². The topological polar surface area (TPSA) is 48.5 Å². The van der Waals surface area contributed by atoms with Gasteiger partial charge in [0.2, 0.25) is 0 Å². The first kappa shape index (κ1) is 14.7. The fraction of sp³-hybridized carbons (Fsp3) is 0.571. The lowest BCUT2D eigenvalue weighted by Crippen LogP contribution is -2.58. The van der Waals surface area contributed by atoms with Crippen LogP contribution in [0.25, 0.3) is 0 Å². The van der Waals surface area contributed by atoms with Crippen molar-refractivity contribution in [1.29, 1.82) is 0 Å². The number of nitrogens with zero attached hydrogens (tertiary/aromatic N) is 3. The van der Waals surface area contributed by atoms with Gasteiger partial charge in [0.25, 0.3) is 5.91 Å². The van der Waals surface area contributed by atoms with Crippen LogP contribution in [0.4, 0.5) is 10.2 Å². The van der Waals surface area contributed by atoms with Gasteiger partial charge in [0.1, 0.15) is 0 Å². The molecule has 2 heterocycles. The third-order valence-electron chi connectivity index (χ3n) is 3.96. The minimum Gasteiger partial charge on any atom is -0.371 e. The lowest BCUT2D eigenvalue weighted by Gasteiger charge is -2.45. The standard InChI is InChI=1S/C14H21FN4O/c1-14(2)9-19(8-7-18(14)4)13(20)10-5-6-17-12(16-3)11(10)15/h5-6H,7-9H2,1-4H3,(H,16,17). The predicted octanol–water partition coefficient (Wildman–Crippen LogP) is 1.43. The van der Waals surface area contributed by atoms with Gasteiger partial charge in [0, 0.05) is 38.4 Å². The number of rotatable bonds is 2. The highest BCUT2D eigenvalue weighted by Crippen LogP contribution is 2.22. The van der Waals surface area contributed by atoms with Crippen LogP contribution in [0, 0.1) is 5.82 Å². The molecule has 0 saturated carbocycles. The number of likely N-dealkylation sites (N-methyl/N-ethyl adjacent to an activating group) is 1. The van der Waals surface area contributed by atoms with Gasteiger partial charge in [-0.05, 0) is 27.0 Å². The van der Waals surface area contributed by atoms with E-state index in [-0.39, 0.29) is 22.8 Å². The molecule has 0 atom stereocenters. The van der Waals surface area contributed by atoms with Gasteiger partial charge in [-0.15, -0.1) is 0 Å². The first-order valence-electron chi connectivity index (χ1n) is 6.69. The summed E-state index contributed by atoms with van der Waals surface area (Å²) in [7, 11) is 3.62. The van der Waals surface area contributed by atoms with Crippen LogP contribution in [0.3, 0.4) is 0 Å². The molecule has 1 aromatic heterocycles. The lowest BCUT2D eigenvalue weighted by molar-refractivity contribution is 0.0308. The van der Waals surface area contributed by atoms with Crippen LogP contribution in [0.1, 0.15) is 24.2 Å². The van der Waals surface area contributed by atoms with Crippen molar-refractivity contribution in [2.45, 2.75) is 19.4 Å². The van der Waals surface area contributed by atoms with Crippen molar-refractivity contribution in [3.63, 3.8) is 0 Å². The van der Waals surface area contributed by atoms with E-state index in [1.807, 2.05) is 7.05 Å². The summed E-state index contributed by atoms with van der Waals surface area (Å²) in [4.78, 5) is 20.3. The van der Waals surface area contributed by atoms with E-state index < -0.39 is 5.82 Å². The molecule has 1 aliphatic rings. The SMILES string of the molecule is CNc1nccc(C(=O)N2CCN(C)C(C)(C)C2)c1F. The molecule has 6 heteroatoms. The van der Waals surface area contributed by atoms with Crippen LogP contribution >= 0.6 is 0 Å². The van der Waals surface area contributed by atoms with Crippen LogP contribution in [-0.4, -0.2) is 60.0 Å². The van der Waals surface area contributed by atoms with Crippen molar-refractivity contribution < 1.29 is 9.18 Å². The average Bonchev–Trinajstić information content (AvgIpc) is 2.41. The van der Waals surface area contributed by atoms with E-state index in [0.29, 0.717) is 13.1 Å². The van der Waals surface area contributed by atoms with Crippen molar-refractivity contribution in [3.05, 3.63) is 23.6 Å². The Balaban J connectivity index is 2.24. The van der Waals surface area contributed by atoms with E-state index in [1.54, 1.807) is 11.9 Å². The maximum Gasteiger partial charge on any atom is 0.257 e. The Labute approximate surface area is 118 Å². The fourth-order valence-corrected chi connectivity index (χ4v) is 2.37. The molecule has 1 fully saturated rings. The molecule has 1 N–H and O–H groups in total. The number of piperazine rings is 1. The van der Waals surface area contributed by atoms with Crippen LogP contribution in [-0.2, 0) is 0 Å². The maximum absolute atomic E-state index is 14.2. The molecule has 0 aromatic carbocycles. The number of nitrogens with one attached hydrogen (secondary N) is 1. The number of hydrogen-bond acceptors (Lipinski definition) is 4. The van der Waals surface area contributed by atoms with Gasteiger partial charge in [-0.25, -0.2) is 9.37 Å². The number of hydrogen-bond donors (Lipinski definition) is 1. The Morgan fingerprint density at radius 1 is 1.45 bits per heavy atom. The summed E-state index contributed by atoms with van der Waals surface area (Å²) < 4.78 is 14.2. The van der Waals surface area contributed by atoms with Gasteiger partial charge in [-0.3, -0.25) is 9.69 Å². The molecule has 5 nitrogen and oxygen atoms in total. The number of amides is 1. The Kier molecular flexibility index (Phi) is 3.94. The van der Waals surface area contributed by atoms with Gasteiger partial charge in [-0.1, -0.05) is 0 Å². The molecule has 1 saturated heterocycles. The minimum absolute atomic E-state index is 0.0738. The summed E-state index contributed by atoms with van der Waals surface area (Å²) in [5.41, 5.74) is -0.0341. The normalized spacial score (nSPS) is 18.9. The number of aromatic nitrogens is 1. The summed E-state index contributed by atoms with van der Waals surface area (Å²) in [5, 5.41) is 2.65. The van der Waals surface area contributed by atoms with E-state index >= 15 is 0 Å². The highest BCUT2D eigenvalue weighted by atomic mass is 19.1. The van der Waals surface area contributed by atoms with Crippen LogP contribution in [0.15, 0.2) is 12.3 Å². The summed E-state index contributed by atoms with van der Waals surface area (Å²) in [5.74, 6) is -0.761. The Hall–Kier alpha value is -1.69. The van der Waals surface area contributed by atoms with E-state index in [9.17, 15) is 9.18 Å². The molecule has 110 valence electrons. The number of pyridine rings is 1. The average molecular weight is 280 g/mol. The Bertz CT molecular complexity index is 518. The zero-order valence-corrected chi connectivity index (χ0v) is 12.4. The van der Waals surface area contributed by atoms with Gasteiger partial charge in [0.15, 0.2) is 11.6 Å². The van der Waals surface area contributed by atoms with Crippen molar-refractivity contribution in [2.75, 3.05) is 39.0 Å².